The van der Waals surface area contributed by atoms with E-state index in [-0.39, 0.29) is 6.61 Å². The fourth-order valence-corrected chi connectivity index (χ4v) is 3.14. The molecule has 1 heterocycles. The van der Waals surface area contributed by atoms with E-state index in [2.05, 4.69) is 31.6 Å². The number of ether oxygens (including phenoxy) is 1. The van der Waals surface area contributed by atoms with Gasteiger partial charge in [-0.15, -0.1) is 0 Å². The van der Waals surface area contributed by atoms with Gasteiger partial charge in [0.15, 0.2) is 6.61 Å². The lowest BCUT2D eigenvalue weighted by Gasteiger charge is -2.06. The number of aromatic nitrogens is 2. The Morgan fingerprint density at radius 1 is 1.38 bits per heavy atom. The Morgan fingerprint density at radius 3 is 2.86 bits per heavy atom. The Bertz CT molecular complexity index is 1110. The molecule has 2 aromatic carbocycles. The Labute approximate surface area is 180 Å². The van der Waals surface area contributed by atoms with Crippen molar-refractivity contribution in [3.05, 3.63) is 75.0 Å². The standard InChI is InChI=1S/C20H15BrClN5O2/c1-13-17(20(22)27(26-13)16-5-3-2-4-6-16)11-24-25-19(28)12-29-18-8-7-15(21)9-14(18)10-23/h2-9,11H,12H2,1H3,(H,25,28)/b24-11-. The van der Waals surface area contributed by atoms with E-state index in [0.29, 0.717) is 27.7 Å². The normalized spacial score (nSPS) is 10.7. The van der Waals surface area contributed by atoms with Crippen LogP contribution in [0.4, 0.5) is 0 Å². The van der Waals surface area contributed by atoms with Gasteiger partial charge in [0.05, 0.1) is 28.7 Å². The molecule has 1 aromatic heterocycles. The molecule has 9 heteroatoms. The lowest BCUT2D eigenvalue weighted by atomic mass is 10.2. The van der Waals surface area contributed by atoms with Crippen molar-refractivity contribution < 1.29 is 9.53 Å². The van der Waals surface area contributed by atoms with E-state index in [9.17, 15) is 4.79 Å². The molecule has 7 nitrogen and oxygen atoms in total. The van der Waals surface area contributed by atoms with Crippen molar-refractivity contribution in [2.75, 3.05) is 6.61 Å². The maximum atomic E-state index is 12.0. The Hall–Kier alpha value is -3.15. The number of hydrogen-bond donors (Lipinski definition) is 1. The molecule has 0 bridgehead atoms. The van der Waals surface area contributed by atoms with E-state index in [0.717, 1.165) is 10.2 Å². The van der Waals surface area contributed by atoms with Crippen LogP contribution in [-0.2, 0) is 4.79 Å². The number of para-hydroxylation sites is 1. The summed E-state index contributed by atoms with van der Waals surface area (Å²) < 4.78 is 7.73. The molecule has 0 radical (unpaired) electrons. The second kappa shape index (κ2) is 9.37. The Morgan fingerprint density at radius 2 is 2.14 bits per heavy atom. The van der Waals surface area contributed by atoms with Crippen molar-refractivity contribution in [3.63, 3.8) is 0 Å². The average Bonchev–Trinajstić information content (AvgIpc) is 3.01. The molecule has 0 aliphatic heterocycles. The number of hydrogen-bond acceptors (Lipinski definition) is 5. The minimum absolute atomic E-state index is 0.288. The molecular weight excluding hydrogens is 458 g/mol. The van der Waals surface area contributed by atoms with Crippen molar-refractivity contribution in [3.8, 4) is 17.5 Å². The second-order valence-corrected chi connectivity index (χ2v) is 7.15. The zero-order chi connectivity index (χ0) is 20.8. The first kappa shape index (κ1) is 20.6. The number of nitrogens with zero attached hydrogens (tertiary/aromatic N) is 4. The summed E-state index contributed by atoms with van der Waals surface area (Å²) in [7, 11) is 0. The summed E-state index contributed by atoms with van der Waals surface area (Å²) in [6.45, 7) is 1.51. The molecule has 0 saturated carbocycles. The van der Waals surface area contributed by atoms with E-state index in [1.807, 2.05) is 36.4 Å². The zero-order valence-corrected chi connectivity index (χ0v) is 17.6. The number of rotatable bonds is 6. The van der Waals surface area contributed by atoms with Crippen LogP contribution in [0.5, 0.6) is 5.75 Å². The van der Waals surface area contributed by atoms with Crippen molar-refractivity contribution in [2.45, 2.75) is 6.92 Å². The second-order valence-electron chi connectivity index (χ2n) is 5.87. The minimum Gasteiger partial charge on any atom is -0.482 e. The average molecular weight is 473 g/mol. The van der Waals surface area contributed by atoms with Crippen LogP contribution in [0.25, 0.3) is 5.69 Å². The summed E-state index contributed by atoms with van der Waals surface area (Å²) in [6, 6.07) is 16.4. The number of hydrazone groups is 1. The largest absolute Gasteiger partial charge is 0.482 e. The van der Waals surface area contributed by atoms with E-state index >= 15 is 0 Å². The minimum atomic E-state index is -0.475. The fraction of sp³-hybridized carbons (Fsp3) is 0.100. The number of amides is 1. The highest BCUT2D eigenvalue weighted by molar-refractivity contribution is 9.10. The number of carbonyl (C=O) groups excluding carboxylic acids is 1. The molecule has 146 valence electrons. The molecule has 0 aliphatic rings. The van der Waals surface area contributed by atoms with Gasteiger partial charge in [0, 0.05) is 4.47 Å². The van der Waals surface area contributed by atoms with Gasteiger partial charge >= 0.3 is 0 Å². The van der Waals surface area contributed by atoms with E-state index in [1.165, 1.54) is 6.21 Å². The first-order valence-corrected chi connectivity index (χ1v) is 9.61. The summed E-state index contributed by atoms with van der Waals surface area (Å²) in [5, 5.41) is 17.8. The monoisotopic (exact) mass is 471 g/mol. The first-order valence-electron chi connectivity index (χ1n) is 8.44. The molecule has 0 atom stereocenters. The topological polar surface area (TPSA) is 92.3 Å². The Kier molecular flexibility index (Phi) is 6.65. The van der Waals surface area contributed by atoms with E-state index in [1.54, 1.807) is 29.8 Å². The van der Waals surface area contributed by atoms with Gasteiger partial charge in [-0.3, -0.25) is 4.79 Å². The summed E-state index contributed by atoms with van der Waals surface area (Å²) in [4.78, 5) is 12.0. The molecule has 0 unspecified atom stereocenters. The van der Waals surface area contributed by atoms with Crippen LogP contribution in [0.2, 0.25) is 5.15 Å². The number of aryl methyl sites for hydroxylation is 1. The number of halogens is 2. The van der Waals surface area contributed by atoms with Crippen LogP contribution in [0.1, 0.15) is 16.8 Å². The highest BCUT2D eigenvalue weighted by Gasteiger charge is 2.13. The fourth-order valence-electron chi connectivity index (χ4n) is 2.46. The van der Waals surface area contributed by atoms with Crippen LogP contribution in [0.3, 0.4) is 0 Å². The molecular formula is C20H15BrClN5O2. The quantitative estimate of drug-likeness (QED) is 0.433. The van der Waals surface area contributed by atoms with Gasteiger partial charge in [0.25, 0.3) is 5.91 Å². The predicted octanol–water partition coefficient (Wildman–Crippen LogP) is 4.00. The third kappa shape index (κ3) is 5.02. The van der Waals surface area contributed by atoms with Crippen molar-refractivity contribution >= 4 is 39.7 Å². The molecule has 0 spiro atoms. The van der Waals surface area contributed by atoms with Crippen molar-refractivity contribution in [2.24, 2.45) is 5.10 Å². The molecule has 3 aromatic rings. The molecule has 1 amide bonds. The molecule has 0 fully saturated rings. The van der Waals surface area contributed by atoms with E-state index in [4.69, 9.17) is 21.6 Å². The van der Waals surface area contributed by atoms with Crippen LogP contribution in [0, 0.1) is 18.3 Å². The molecule has 0 aliphatic carbocycles. The van der Waals surface area contributed by atoms with Gasteiger partial charge in [-0.1, -0.05) is 45.7 Å². The summed E-state index contributed by atoms with van der Waals surface area (Å²) in [6.07, 6.45) is 1.43. The predicted molar refractivity (Wildman–Crippen MR) is 113 cm³/mol. The molecule has 1 N–H and O–H groups in total. The third-order valence-electron chi connectivity index (χ3n) is 3.85. The van der Waals surface area contributed by atoms with Crippen LogP contribution in [-0.4, -0.2) is 28.5 Å². The highest BCUT2D eigenvalue weighted by atomic mass is 79.9. The van der Waals surface area contributed by atoms with Crippen LogP contribution >= 0.6 is 27.5 Å². The maximum Gasteiger partial charge on any atom is 0.277 e. The molecule has 0 saturated heterocycles. The van der Waals surface area contributed by atoms with Gasteiger partial charge in [-0.05, 0) is 37.3 Å². The molecule has 29 heavy (non-hydrogen) atoms. The number of nitriles is 1. The first-order chi connectivity index (χ1) is 14.0. The number of nitrogens with one attached hydrogen (secondary N) is 1. The third-order valence-corrected chi connectivity index (χ3v) is 4.71. The van der Waals surface area contributed by atoms with Gasteiger partial charge in [0.2, 0.25) is 0 Å². The van der Waals surface area contributed by atoms with Gasteiger partial charge in [-0.25, -0.2) is 10.1 Å². The lowest BCUT2D eigenvalue weighted by Crippen LogP contribution is -2.24. The molecule has 3 rings (SSSR count). The number of benzene rings is 2. The lowest BCUT2D eigenvalue weighted by molar-refractivity contribution is -0.123. The Balaban J connectivity index is 1.63. The maximum absolute atomic E-state index is 12.0. The summed E-state index contributed by atoms with van der Waals surface area (Å²) in [5.41, 5.74) is 4.78. The van der Waals surface area contributed by atoms with Gasteiger partial charge in [0.1, 0.15) is 17.0 Å². The van der Waals surface area contributed by atoms with Gasteiger partial charge < -0.3 is 4.74 Å². The zero-order valence-electron chi connectivity index (χ0n) is 15.3. The smallest absolute Gasteiger partial charge is 0.277 e. The summed E-state index contributed by atoms with van der Waals surface area (Å²) >= 11 is 9.68. The van der Waals surface area contributed by atoms with Crippen LogP contribution < -0.4 is 10.2 Å². The van der Waals surface area contributed by atoms with Crippen molar-refractivity contribution in [1.82, 2.24) is 15.2 Å². The SMILES string of the molecule is Cc1nn(-c2ccccc2)c(Cl)c1/C=N\NC(=O)COc1ccc(Br)cc1C#N. The van der Waals surface area contributed by atoms with Crippen LogP contribution in [0.15, 0.2) is 58.1 Å². The number of carbonyl (C=O) groups is 1. The summed E-state index contributed by atoms with van der Waals surface area (Å²) in [5.74, 6) is -0.157. The highest BCUT2D eigenvalue weighted by Crippen LogP contribution is 2.23. The van der Waals surface area contributed by atoms with Crippen molar-refractivity contribution in [1.29, 1.82) is 5.26 Å². The van der Waals surface area contributed by atoms with Gasteiger partial charge in [-0.2, -0.15) is 15.5 Å². The van der Waals surface area contributed by atoms with E-state index < -0.39 is 5.91 Å².